The molecular weight excluding hydrogens is 494 g/mol. The first kappa shape index (κ1) is 25.4. The number of carbonyl (C=O) groups is 2. The summed E-state index contributed by atoms with van der Waals surface area (Å²) >= 11 is 0. The van der Waals surface area contributed by atoms with Gasteiger partial charge in [-0.15, -0.1) is 0 Å². The standard InChI is InChI=1S/C29H25N7O3/c1-18-24(27-31-15-16-35(27)17-32-18)28(38)33-19(2)26-34-23-13-7-9-21(10-8-14-30-20(3)37)25(23)29(39)36(26)22-11-5-4-6-12-22/h4-7,9,11-13,15-17,19H,14H2,1-3H3,(H,30,37)(H,33,38)/t19-/m1/s1. The summed E-state index contributed by atoms with van der Waals surface area (Å²) in [7, 11) is 0. The molecule has 3 heterocycles. The van der Waals surface area contributed by atoms with Gasteiger partial charge in [0.1, 0.15) is 17.7 Å². The maximum atomic E-state index is 14.0. The summed E-state index contributed by atoms with van der Waals surface area (Å²) in [5, 5.41) is 5.95. The minimum Gasteiger partial charge on any atom is -0.345 e. The maximum absolute atomic E-state index is 14.0. The van der Waals surface area contributed by atoms with Gasteiger partial charge in [-0.2, -0.15) is 0 Å². The summed E-state index contributed by atoms with van der Waals surface area (Å²) in [5.41, 5.74) is 2.59. The van der Waals surface area contributed by atoms with E-state index in [1.54, 1.807) is 67.3 Å². The lowest BCUT2D eigenvalue weighted by molar-refractivity contribution is -0.118. The molecule has 3 aromatic heterocycles. The Bertz CT molecular complexity index is 1850. The molecule has 0 fully saturated rings. The van der Waals surface area contributed by atoms with Gasteiger partial charge in [-0.05, 0) is 38.1 Å². The van der Waals surface area contributed by atoms with Gasteiger partial charge in [-0.25, -0.2) is 15.0 Å². The van der Waals surface area contributed by atoms with Gasteiger partial charge in [-0.1, -0.05) is 36.1 Å². The van der Waals surface area contributed by atoms with Crippen LogP contribution in [0, 0.1) is 18.8 Å². The van der Waals surface area contributed by atoms with Crippen LogP contribution >= 0.6 is 0 Å². The lowest BCUT2D eigenvalue weighted by atomic mass is 10.1. The zero-order chi connectivity index (χ0) is 27.5. The second-order valence-electron chi connectivity index (χ2n) is 8.92. The molecule has 10 nitrogen and oxygen atoms in total. The van der Waals surface area contributed by atoms with Crippen molar-refractivity contribution in [3.63, 3.8) is 0 Å². The van der Waals surface area contributed by atoms with Gasteiger partial charge >= 0.3 is 0 Å². The zero-order valence-corrected chi connectivity index (χ0v) is 21.6. The van der Waals surface area contributed by atoms with Crippen LogP contribution in [0.15, 0.2) is 72.0 Å². The zero-order valence-electron chi connectivity index (χ0n) is 21.6. The van der Waals surface area contributed by atoms with Crippen molar-refractivity contribution in [2.45, 2.75) is 26.8 Å². The van der Waals surface area contributed by atoms with Gasteiger partial charge in [0.05, 0.1) is 34.9 Å². The number of para-hydroxylation sites is 1. The number of hydrogen-bond acceptors (Lipinski definition) is 6. The molecule has 0 aliphatic rings. The van der Waals surface area contributed by atoms with Crippen LogP contribution in [0.1, 0.15) is 47.3 Å². The molecule has 10 heteroatoms. The first-order chi connectivity index (χ1) is 18.8. The maximum Gasteiger partial charge on any atom is 0.267 e. The molecule has 0 bridgehead atoms. The number of benzene rings is 2. The van der Waals surface area contributed by atoms with Crippen LogP contribution in [0.3, 0.4) is 0 Å². The Hall–Kier alpha value is -5.30. The SMILES string of the molecule is CC(=O)NCC#Cc1cccc2nc([C@@H](C)NC(=O)c3c(C)ncn4ccnc34)n(-c3ccccc3)c(=O)c12. The summed E-state index contributed by atoms with van der Waals surface area (Å²) in [6.07, 6.45) is 4.92. The van der Waals surface area contributed by atoms with E-state index in [9.17, 15) is 14.4 Å². The van der Waals surface area contributed by atoms with E-state index in [1.165, 1.54) is 11.5 Å². The number of fused-ring (bicyclic) bond motifs is 2. The monoisotopic (exact) mass is 519 g/mol. The second-order valence-corrected chi connectivity index (χ2v) is 8.92. The van der Waals surface area contributed by atoms with Gasteiger partial charge < -0.3 is 10.6 Å². The van der Waals surface area contributed by atoms with Crippen LogP contribution in [0.25, 0.3) is 22.2 Å². The van der Waals surface area contributed by atoms with Crippen molar-refractivity contribution in [1.29, 1.82) is 0 Å². The average molecular weight is 520 g/mol. The number of carbonyl (C=O) groups excluding carboxylic acids is 2. The van der Waals surface area contributed by atoms with E-state index in [4.69, 9.17) is 4.98 Å². The molecule has 5 rings (SSSR count). The van der Waals surface area contributed by atoms with Crippen molar-refractivity contribution in [1.82, 2.24) is 34.6 Å². The van der Waals surface area contributed by atoms with E-state index in [2.05, 4.69) is 32.4 Å². The molecule has 0 aliphatic heterocycles. The molecule has 2 N–H and O–H groups in total. The Morgan fingerprint density at radius 2 is 1.87 bits per heavy atom. The number of rotatable bonds is 5. The molecule has 0 saturated carbocycles. The molecule has 194 valence electrons. The average Bonchev–Trinajstić information content (AvgIpc) is 3.39. The second kappa shape index (κ2) is 10.6. The van der Waals surface area contributed by atoms with E-state index in [0.717, 1.165) is 0 Å². The molecule has 0 spiro atoms. The Balaban J connectivity index is 1.62. The number of imidazole rings is 1. The Labute approximate surface area is 223 Å². The van der Waals surface area contributed by atoms with Crippen LogP contribution in [0.5, 0.6) is 0 Å². The summed E-state index contributed by atoms with van der Waals surface area (Å²) in [5.74, 6) is 5.65. The highest BCUT2D eigenvalue weighted by Crippen LogP contribution is 2.21. The molecule has 0 unspecified atom stereocenters. The fraction of sp³-hybridized carbons (Fsp3) is 0.172. The highest BCUT2D eigenvalue weighted by atomic mass is 16.2. The first-order valence-corrected chi connectivity index (χ1v) is 12.3. The van der Waals surface area contributed by atoms with Crippen LogP contribution < -0.4 is 16.2 Å². The lowest BCUT2D eigenvalue weighted by Crippen LogP contribution is -2.34. The normalized spacial score (nSPS) is 11.6. The van der Waals surface area contributed by atoms with Gasteiger partial charge in [0.2, 0.25) is 5.91 Å². The highest BCUT2D eigenvalue weighted by Gasteiger charge is 2.23. The van der Waals surface area contributed by atoms with Crippen molar-refractivity contribution in [2.24, 2.45) is 0 Å². The third kappa shape index (κ3) is 4.98. The predicted molar refractivity (Wildman–Crippen MR) is 147 cm³/mol. The van der Waals surface area contributed by atoms with Crippen LogP contribution in [0.2, 0.25) is 0 Å². The fourth-order valence-corrected chi connectivity index (χ4v) is 4.35. The summed E-state index contributed by atoms with van der Waals surface area (Å²) < 4.78 is 3.17. The van der Waals surface area contributed by atoms with Crippen molar-refractivity contribution < 1.29 is 9.59 Å². The summed E-state index contributed by atoms with van der Waals surface area (Å²) in [6.45, 7) is 5.09. The molecule has 0 saturated heterocycles. The third-order valence-corrected chi connectivity index (χ3v) is 6.18. The lowest BCUT2D eigenvalue weighted by Gasteiger charge is -2.20. The Morgan fingerprint density at radius 3 is 2.64 bits per heavy atom. The fourth-order valence-electron chi connectivity index (χ4n) is 4.35. The van der Waals surface area contributed by atoms with Gasteiger partial charge in [0, 0.05) is 24.9 Å². The number of aromatic nitrogens is 5. The minimum absolute atomic E-state index is 0.157. The number of nitrogens with zero attached hydrogens (tertiary/aromatic N) is 5. The number of aryl methyl sites for hydroxylation is 1. The number of nitrogens with one attached hydrogen (secondary N) is 2. The van der Waals surface area contributed by atoms with Crippen molar-refractivity contribution >= 4 is 28.4 Å². The predicted octanol–water partition coefficient (Wildman–Crippen LogP) is 2.72. The topological polar surface area (TPSA) is 123 Å². The molecule has 39 heavy (non-hydrogen) atoms. The van der Waals surface area contributed by atoms with Gasteiger partial charge in [0.25, 0.3) is 11.5 Å². The van der Waals surface area contributed by atoms with Crippen LogP contribution in [0.4, 0.5) is 0 Å². The molecule has 5 aromatic rings. The van der Waals surface area contributed by atoms with Crippen LogP contribution in [-0.2, 0) is 4.79 Å². The number of amides is 2. The van der Waals surface area contributed by atoms with E-state index in [0.29, 0.717) is 44.9 Å². The molecular formula is C29H25N7O3. The first-order valence-electron chi connectivity index (χ1n) is 12.3. The molecule has 2 amide bonds. The van der Waals surface area contributed by atoms with Crippen molar-refractivity contribution in [3.8, 4) is 17.5 Å². The minimum atomic E-state index is -0.654. The van der Waals surface area contributed by atoms with Crippen LogP contribution in [-0.4, -0.2) is 42.3 Å². The third-order valence-electron chi connectivity index (χ3n) is 6.18. The molecule has 2 aromatic carbocycles. The Morgan fingerprint density at radius 1 is 1.08 bits per heavy atom. The van der Waals surface area contributed by atoms with Crippen molar-refractivity contribution in [2.75, 3.05) is 6.54 Å². The molecule has 0 radical (unpaired) electrons. The quantitative estimate of drug-likeness (QED) is 0.344. The molecule has 1 atom stereocenters. The summed E-state index contributed by atoms with van der Waals surface area (Å²) in [4.78, 5) is 52.1. The molecule has 0 aliphatic carbocycles. The van der Waals surface area contributed by atoms with E-state index in [1.807, 2.05) is 18.2 Å². The van der Waals surface area contributed by atoms with Crippen molar-refractivity contribution in [3.05, 3.63) is 100 Å². The number of hydrogen-bond donors (Lipinski definition) is 2. The largest absolute Gasteiger partial charge is 0.345 e. The Kier molecular flexibility index (Phi) is 6.89. The van der Waals surface area contributed by atoms with Gasteiger partial charge in [-0.3, -0.25) is 23.4 Å². The van der Waals surface area contributed by atoms with E-state index in [-0.39, 0.29) is 23.9 Å². The smallest absolute Gasteiger partial charge is 0.267 e. The van der Waals surface area contributed by atoms with E-state index >= 15 is 0 Å². The summed E-state index contributed by atoms with van der Waals surface area (Å²) in [6, 6.07) is 13.7. The van der Waals surface area contributed by atoms with E-state index < -0.39 is 6.04 Å². The van der Waals surface area contributed by atoms with Gasteiger partial charge in [0.15, 0.2) is 5.65 Å². The highest BCUT2D eigenvalue weighted by molar-refractivity contribution is 6.01.